The average Bonchev–Trinajstić information content (AvgIpc) is 2.74. The van der Waals surface area contributed by atoms with Crippen LogP contribution in [0.25, 0.3) is 0 Å². The van der Waals surface area contributed by atoms with Crippen molar-refractivity contribution in [3.63, 3.8) is 0 Å². The van der Waals surface area contributed by atoms with Gasteiger partial charge in [-0.05, 0) is 41.4 Å². The number of hydrogen-bond acceptors (Lipinski definition) is 2. The summed E-state index contributed by atoms with van der Waals surface area (Å²) in [5.74, 6) is -1.15. The summed E-state index contributed by atoms with van der Waals surface area (Å²) in [6.07, 6.45) is -4.78. The van der Waals surface area contributed by atoms with E-state index in [0.717, 1.165) is 6.07 Å². The van der Waals surface area contributed by atoms with Crippen molar-refractivity contribution in [2.75, 3.05) is 0 Å². The zero-order chi connectivity index (χ0) is 14.2. The van der Waals surface area contributed by atoms with Crippen LogP contribution >= 0.6 is 11.6 Å². The third kappa shape index (κ3) is 2.90. The Labute approximate surface area is 110 Å². The van der Waals surface area contributed by atoms with Gasteiger partial charge in [-0.25, -0.2) is 4.39 Å². The Morgan fingerprint density at radius 1 is 1.16 bits per heavy atom. The molecule has 2 nitrogen and oxygen atoms in total. The summed E-state index contributed by atoms with van der Waals surface area (Å²) in [7, 11) is 0. The predicted molar refractivity (Wildman–Crippen MR) is 61.2 cm³/mol. The minimum atomic E-state index is -4.78. The zero-order valence-electron chi connectivity index (χ0n) is 9.34. The number of halogens is 5. The molecule has 7 heteroatoms. The van der Waals surface area contributed by atoms with Crippen molar-refractivity contribution in [3.05, 3.63) is 58.3 Å². The third-order valence-corrected chi connectivity index (χ3v) is 2.76. The largest absolute Gasteiger partial charge is 0.448 e. The molecule has 0 aliphatic heterocycles. The molecular formula is C12H8ClF4NO. The van der Waals surface area contributed by atoms with Crippen LogP contribution in [0, 0.1) is 5.82 Å². The van der Waals surface area contributed by atoms with Crippen molar-refractivity contribution in [2.45, 2.75) is 12.2 Å². The summed E-state index contributed by atoms with van der Waals surface area (Å²) in [4.78, 5) is 0. The van der Waals surface area contributed by atoms with Gasteiger partial charge in [-0.3, -0.25) is 0 Å². The minimum Gasteiger partial charge on any atom is -0.448 e. The van der Waals surface area contributed by atoms with Crippen LogP contribution in [0.2, 0.25) is 5.22 Å². The van der Waals surface area contributed by atoms with Gasteiger partial charge in [0.05, 0.1) is 11.6 Å². The molecule has 0 spiro atoms. The molecule has 102 valence electrons. The lowest BCUT2D eigenvalue weighted by atomic mass is 10.0. The second-order valence-electron chi connectivity index (χ2n) is 3.86. The zero-order valence-corrected chi connectivity index (χ0v) is 10.1. The van der Waals surface area contributed by atoms with E-state index < -0.39 is 23.6 Å². The molecule has 0 aliphatic carbocycles. The molecule has 0 aliphatic rings. The molecule has 1 heterocycles. The van der Waals surface area contributed by atoms with Crippen LogP contribution < -0.4 is 5.73 Å². The summed E-state index contributed by atoms with van der Waals surface area (Å²) in [6, 6.07) is 4.48. The number of hydrogen-bond donors (Lipinski definition) is 1. The van der Waals surface area contributed by atoms with Crippen LogP contribution in [0.3, 0.4) is 0 Å². The summed E-state index contributed by atoms with van der Waals surface area (Å²) in [5, 5.41) is 0.0728. The van der Waals surface area contributed by atoms with Gasteiger partial charge in [-0.1, -0.05) is 6.07 Å². The highest BCUT2D eigenvalue weighted by Gasteiger charge is 2.34. The summed E-state index contributed by atoms with van der Waals surface area (Å²) in [5.41, 5.74) is 4.47. The van der Waals surface area contributed by atoms with E-state index in [0.29, 0.717) is 6.07 Å². The first-order valence-electron chi connectivity index (χ1n) is 5.16. The molecule has 0 saturated carbocycles. The van der Waals surface area contributed by atoms with Gasteiger partial charge in [0.1, 0.15) is 11.6 Å². The van der Waals surface area contributed by atoms with Gasteiger partial charge in [-0.2, -0.15) is 13.2 Å². The molecule has 1 unspecified atom stereocenters. The van der Waals surface area contributed by atoms with Crippen molar-refractivity contribution < 1.29 is 22.0 Å². The topological polar surface area (TPSA) is 39.2 Å². The second kappa shape index (κ2) is 4.86. The first-order chi connectivity index (χ1) is 8.79. The predicted octanol–water partition coefficient (Wildman–Crippen LogP) is 4.14. The summed E-state index contributed by atoms with van der Waals surface area (Å²) < 4.78 is 55.9. The van der Waals surface area contributed by atoms with Crippen LogP contribution in [0.15, 0.2) is 34.7 Å². The van der Waals surface area contributed by atoms with E-state index in [4.69, 9.17) is 21.8 Å². The lowest BCUT2D eigenvalue weighted by Gasteiger charge is -2.13. The highest BCUT2D eigenvalue weighted by Crippen LogP contribution is 2.34. The highest BCUT2D eigenvalue weighted by atomic mass is 35.5. The van der Waals surface area contributed by atoms with Gasteiger partial charge in [0.15, 0.2) is 5.22 Å². The Hall–Kier alpha value is -1.53. The van der Waals surface area contributed by atoms with E-state index >= 15 is 0 Å². The third-order valence-electron chi connectivity index (χ3n) is 2.56. The Kier molecular flexibility index (Phi) is 3.56. The van der Waals surface area contributed by atoms with E-state index in [-0.39, 0.29) is 16.5 Å². The number of rotatable bonds is 2. The fraction of sp³-hybridized carbons (Fsp3) is 0.167. The maximum Gasteiger partial charge on any atom is 0.419 e. The van der Waals surface area contributed by atoms with Crippen LogP contribution in [-0.2, 0) is 6.18 Å². The fourth-order valence-electron chi connectivity index (χ4n) is 1.61. The number of furan rings is 1. The van der Waals surface area contributed by atoms with Gasteiger partial charge >= 0.3 is 6.18 Å². The smallest absolute Gasteiger partial charge is 0.419 e. The van der Waals surface area contributed by atoms with Crippen molar-refractivity contribution in [2.24, 2.45) is 5.73 Å². The highest BCUT2D eigenvalue weighted by molar-refractivity contribution is 6.28. The average molecular weight is 294 g/mol. The van der Waals surface area contributed by atoms with E-state index in [1.165, 1.54) is 18.2 Å². The molecule has 0 amide bonds. The number of benzene rings is 1. The molecular weight excluding hydrogens is 286 g/mol. The van der Waals surface area contributed by atoms with Crippen LogP contribution in [0.5, 0.6) is 0 Å². The van der Waals surface area contributed by atoms with Crippen molar-refractivity contribution >= 4 is 11.6 Å². The molecule has 0 bridgehead atoms. The molecule has 2 rings (SSSR count). The number of nitrogens with two attached hydrogens (primary N) is 1. The Bertz CT molecular complexity index is 594. The molecule has 2 aromatic rings. The number of alkyl halides is 3. The fourth-order valence-corrected chi connectivity index (χ4v) is 1.77. The van der Waals surface area contributed by atoms with Crippen LogP contribution in [0.1, 0.15) is 22.9 Å². The Morgan fingerprint density at radius 3 is 2.37 bits per heavy atom. The van der Waals surface area contributed by atoms with Gasteiger partial charge in [0.2, 0.25) is 0 Å². The van der Waals surface area contributed by atoms with Crippen LogP contribution in [-0.4, -0.2) is 0 Å². The summed E-state index contributed by atoms with van der Waals surface area (Å²) >= 11 is 5.56. The van der Waals surface area contributed by atoms with Crippen molar-refractivity contribution in [1.29, 1.82) is 0 Å². The molecule has 1 aromatic carbocycles. The maximum absolute atomic E-state index is 13.1. The van der Waals surface area contributed by atoms with Gasteiger partial charge < -0.3 is 10.2 Å². The molecule has 1 aromatic heterocycles. The first kappa shape index (κ1) is 13.9. The molecule has 0 saturated heterocycles. The molecule has 1 atom stereocenters. The van der Waals surface area contributed by atoms with Gasteiger partial charge in [0, 0.05) is 0 Å². The second-order valence-corrected chi connectivity index (χ2v) is 4.23. The minimum absolute atomic E-state index is 0.0728. The lowest BCUT2D eigenvalue weighted by Crippen LogP contribution is -2.14. The normalized spacial score (nSPS) is 13.6. The Morgan fingerprint density at radius 2 is 1.84 bits per heavy atom. The maximum atomic E-state index is 13.1. The monoisotopic (exact) mass is 293 g/mol. The molecule has 0 radical (unpaired) electrons. The Balaban J connectivity index is 2.41. The molecule has 2 N–H and O–H groups in total. The molecule has 0 fully saturated rings. The van der Waals surface area contributed by atoms with E-state index in [9.17, 15) is 17.6 Å². The van der Waals surface area contributed by atoms with Crippen molar-refractivity contribution in [3.8, 4) is 0 Å². The standard InChI is InChI=1S/C12H8ClF4NO/c13-10-4-3-9(19-10)11(18)6-1-2-8(14)7(5-6)12(15,16)17/h1-5,11H,18H2. The van der Waals surface area contributed by atoms with E-state index in [1.807, 2.05) is 0 Å². The van der Waals surface area contributed by atoms with E-state index in [2.05, 4.69) is 0 Å². The lowest BCUT2D eigenvalue weighted by molar-refractivity contribution is -0.140. The quantitative estimate of drug-likeness (QED) is 0.845. The SMILES string of the molecule is NC(c1ccc(F)c(C(F)(F)F)c1)c1ccc(Cl)o1. The summed E-state index contributed by atoms with van der Waals surface area (Å²) in [6.45, 7) is 0. The van der Waals surface area contributed by atoms with E-state index in [1.54, 1.807) is 0 Å². The van der Waals surface area contributed by atoms with Crippen molar-refractivity contribution in [1.82, 2.24) is 0 Å². The first-order valence-corrected chi connectivity index (χ1v) is 5.54. The van der Waals surface area contributed by atoms with Gasteiger partial charge in [-0.15, -0.1) is 0 Å². The molecule has 19 heavy (non-hydrogen) atoms. The van der Waals surface area contributed by atoms with Gasteiger partial charge in [0.25, 0.3) is 0 Å². The van der Waals surface area contributed by atoms with Crippen LogP contribution in [0.4, 0.5) is 17.6 Å².